The summed E-state index contributed by atoms with van der Waals surface area (Å²) < 4.78 is 10.0. The minimum absolute atomic E-state index is 0.0140. The van der Waals surface area contributed by atoms with Gasteiger partial charge in [-0.2, -0.15) is 0 Å². The van der Waals surface area contributed by atoms with Gasteiger partial charge in [0.15, 0.2) is 0 Å². The Hall–Kier alpha value is -1.06. The molecule has 0 bridgehead atoms. The molecule has 0 aliphatic heterocycles. The van der Waals surface area contributed by atoms with Crippen LogP contribution in [0.3, 0.4) is 0 Å². The molecule has 0 spiro atoms. The molecule has 0 unspecified atom stereocenters. The molecule has 0 amide bonds. The first kappa shape index (κ1) is 12.0. The van der Waals surface area contributed by atoms with Crippen LogP contribution >= 0.6 is 0 Å². The van der Waals surface area contributed by atoms with Crippen molar-refractivity contribution in [1.29, 1.82) is 0 Å². The fourth-order valence-electron chi connectivity index (χ4n) is 1.85. The average Bonchev–Trinajstić information content (AvgIpc) is 2.50. The van der Waals surface area contributed by atoms with Crippen molar-refractivity contribution in [1.82, 2.24) is 0 Å². The summed E-state index contributed by atoms with van der Waals surface area (Å²) in [7, 11) is 0. The molecule has 0 aromatic carbocycles. The molecule has 4 heteroatoms. The van der Waals surface area contributed by atoms with E-state index in [0.717, 1.165) is 25.7 Å². The molecule has 0 radical (unpaired) electrons. The fourth-order valence-corrected chi connectivity index (χ4v) is 1.85. The van der Waals surface area contributed by atoms with Crippen LogP contribution in [0.2, 0.25) is 0 Å². The lowest BCUT2D eigenvalue weighted by Crippen LogP contribution is -2.35. The number of ether oxygens (including phenoxy) is 2. The third kappa shape index (κ3) is 3.90. The zero-order chi connectivity index (χ0) is 11.5. The Labute approximate surface area is 89.9 Å². The Bertz CT molecular complexity index is 251. The van der Waals surface area contributed by atoms with E-state index in [1.54, 1.807) is 13.8 Å². The number of esters is 2. The van der Waals surface area contributed by atoms with Crippen LogP contribution in [0.15, 0.2) is 0 Å². The number of hydrogen-bond acceptors (Lipinski definition) is 4. The number of carbonyl (C=O) groups excluding carboxylic acids is 2. The lowest BCUT2D eigenvalue weighted by atomic mass is 10.1. The van der Waals surface area contributed by atoms with E-state index in [9.17, 15) is 9.59 Å². The van der Waals surface area contributed by atoms with Crippen molar-refractivity contribution in [2.24, 2.45) is 5.92 Å². The molecule has 1 fully saturated rings. The van der Waals surface area contributed by atoms with Gasteiger partial charge in [0.2, 0.25) is 0 Å². The highest BCUT2D eigenvalue weighted by Gasteiger charge is 2.31. The molecule has 1 saturated carbocycles. The fraction of sp³-hybridized carbons (Fsp3) is 0.818. The number of carbonyl (C=O) groups is 2. The van der Waals surface area contributed by atoms with Crippen LogP contribution in [0.25, 0.3) is 0 Å². The van der Waals surface area contributed by atoms with E-state index < -0.39 is 11.8 Å². The Balaban J connectivity index is 2.44. The molecule has 4 nitrogen and oxygen atoms in total. The summed E-state index contributed by atoms with van der Waals surface area (Å²) in [5.41, 5.74) is 0. The Kier molecular flexibility index (Phi) is 3.72. The normalized spacial score (nSPS) is 17.5. The molecule has 1 aliphatic rings. The van der Waals surface area contributed by atoms with Gasteiger partial charge in [-0.3, -0.25) is 9.59 Å². The lowest BCUT2D eigenvalue weighted by Gasteiger charge is -2.25. The van der Waals surface area contributed by atoms with Crippen molar-refractivity contribution >= 4 is 11.9 Å². The zero-order valence-corrected chi connectivity index (χ0v) is 9.54. The van der Waals surface area contributed by atoms with Crippen molar-refractivity contribution < 1.29 is 19.1 Å². The van der Waals surface area contributed by atoms with E-state index in [2.05, 4.69) is 0 Å². The van der Waals surface area contributed by atoms with Crippen LogP contribution in [0.5, 0.6) is 0 Å². The second kappa shape index (κ2) is 4.64. The minimum Gasteiger partial charge on any atom is -0.423 e. The Morgan fingerprint density at radius 1 is 1.13 bits per heavy atom. The minimum atomic E-state index is -1.15. The van der Waals surface area contributed by atoms with Crippen molar-refractivity contribution in [3.63, 3.8) is 0 Å². The van der Waals surface area contributed by atoms with Crippen molar-refractivity contribution in [3.05, 3.63) is 0 Å². The van der Waals surface area contributed by atoms with Crippen molar-refractivity contribution in [2.45, 2.75) is 52.2 Å². The van der Waals surface area contributed by atoms with Gasteiger partial charge in [0, 0.05) is 20.8 Å². The third-order valence-electron chi connectivity index (χ3n) is 2.42. The highest BCUT2D eigenvalue weighted by atomic mass is 16.7. The maximum atomic E-state index is 11.6. The van der Waals surface area contributed by atoms with Crippen molar-refractivity contribution in [2.75, 3.05) is 0 Å². The number of hydrogen-bond donors (Lipinski definition) is 0. The van der Waals surface area contributed by atoms with Crippen LogP contribution < -0.4 is 0 Å². The van der Waals surface area contributed by atoms with Crippen LogP contribution in [-0.2, 0) is 19.1 Å². The predicted molar refractivity (Wildman–Crippen MR) is 53.9 cm³/mol. The first-order chi connectivity index (χ1) is 6.91. The summed E-state index contributed by atoms with van der Waals surface area (Å²) in [5, 5.41) is 0. The Morgan fingerprint density at radius 2 is 1.67 bits per heavy atom. The first-order valence-corrected chi connectivity index (χ1v) is 5.33. The average molecular weight is 214 g/mol. The third-order valence-corrected chi connectivity index (χ3v) is 2.42. The maximum Gasteiger partial charge on any atom is 0.312 e. The van der Waals surface area contributed by atoms with Crippen molar-refractivity contribution in [3.8, 4) is 0 Å². The largest absolute Gasteiger partial charge is 0.423 e. The molecule has 0 saturated heterocycles. The van der Waals surface area contributed by atoms with Gasteiger partial charge in [0.05, 0.1) is 5.92 Å². The quantitative estimate of drug-likeness (QED) is 0.532. The molecule has 1 aliphatic carbocycles. The van der Waals surface area contributed by atoms with Gasteiger partial charge < -0.3 is 9.47 Å². The first-order valence-electron chi connectivity index (χ1n) is 5.33. The lowest BCUT2D eigenvalue weighted by molar-refractivity contribution is -0.217. The molecule has 0 atom stereocenters. The SMILES string of the molecule is CC(=O)OC(C)(C)OC(=O)C1CCCC1. The van der Waals surface area contributed by atoms with Gasteiger partial charge in [-0.15, -0.1) is 0 Å². The van der Waals surface area contributed by atoms with Gasteiger partial charge in [0.1, 0.15) is 0 Å². The molecule has 1 rings (SSSR count). The van der Waals surface area contributed by atoms with Crippen LogP contribution in [-0.4, -0.2) is 17.7 Å². The van der Waals surface area contributed by atoms with Gasteiger partial charge in [-0.25, -0.2) is 0 Å². The molecule has 0 aromatic heterocycles. The van der Waals surface area contributed by atoms with Crippen LogP contribution in [0, 0.1) is 5.92 Å². The van der Waals surface area contributed by atoms with E-state index in [4.69, 9.17) is 9.47 Å². The summed E-state index contributed by atoms with van der Waals surface area (Å²) in [6, 6.07) is 0. The van der Waals surface area contributed by atoms with Crippen LogP contribution in [0.4, 0.5) is 0 Å². The molecule has 0 N–H and O–H groups in total. The number of rotatable bonds is 3. The smallest absolute Gasteiger partial charge is 0.312 e. The standard InChI is InChI=1S/C11H18O4/c1-8(12)14-11(2,3)15-10(13)9-6-4-5-7-9/h9H,4-7H2,1-3H3. The molecular formula is C11H18O4. The summed E-state index contributed by atoms with van der Waals surface area (Å²) in [4.78, 5) is 22.4. The molecule has 86 valence electrons. The molecule has 0 aromatic rings. The summed E-state index contributed by atoms with van der Waals surface area (Å²) in [5.74, 6) is -1.86. The highest BCUT2D eigenvalue weighted by molar-refractivity contribution is 5.73. The molecule has 15 heavy (non-hydrogen) atoms. The van der Waals surface area contributed by atoms with E-state index in [0.29, 0.717) is 0 Å². The predicted octanol–water partition coefficient (Wildman–Crippen LogP) is 2.02. The monoisotopic (exact) mass is 214 g/mol. The topological polar surface area (TPSA) is 52.6 Å². The van der Waals surface area contributed by atoms with Crippen LogP contribution in [0.1, 0.15) is 46.5 Å². The van der Waals surface area contributed by atoms with E-state index in [-0.39, 0.29) is 11.9 Å². The summed E-state index contributed by atoms with van der Waals surface area (Å²) >= 11 is 0. The van der Waals surface area contributed by atoms with E-state index in [1.165, 1.54) is 6.92 Å². The summed E-state index contributed by atoms with van der Waals surface area (Å²) in [6.45, 7) is 4.44. The van der Waals surface area contributed by atoms with Gasteiger partial charge in [-0.05, 0) is 12.8 Å². The van der Waals surface area contributed by atoms with Gasteiger partial charge in [0.25, 0.3) is 5.79 Å². The van der Waals surface area contributed by atoms with Gasteiger partial charge in [-0.1, -0.05) is 12.8 Å². The van der Waals surface area contributed by atoms with Gasteiger partial charge >= 0.3 is 11.9 Å². The highest BCUT2D eigenvalue weighted by Crippen LogP contribution is 2.27. The zero-order valence-electron chi connectivity index (χ0n) is 9.54. The summed E-state index contributed by atoms with van der Waals surface area (Å²) in [6.07, 6.45) is 3.92. The molecular weight excluding hydrogens is 196 g/mol. The van der Waals surface area contributed by atoms with E-state index >= 15 is 0 Å². The Morgan fingerprint density at radius 3 is 2.13 bits per heavy atom. The van der Waals surface area contributed by atoms with E-state index in [1.807, 2.05) is 0 Å². The second-order valence-electron chi connectivity index (χ2n) is 4.40. The molecule has 0 heterocycles. The maximum absolute atomic E-state index is 11.6. The second-order valence-corrected chi connectivity index (χ2v) is 4.40.